The molecular weight excluding hydrogens is 233 g/mol. The van der Waals surface area contributed by atoms with Gasteiger partial charge in [0.25, 0.3) is 0 Å². The molecule has 5 heteroatoms. The molecule has 0 saturated carbocycles. The van der Waals surface area contributed by atoms with Crippen LogP contribution in [0.5, 0.6) is 0 Å². The van der Waals surface area contributed by atoms with E-state index in [0.717, 1.165) is 0 Å². The van der Waals surface area contributed by atoms with Gasteiger partial charge in [-0.2, -0.15) is 0 Å². The normalized spacial score (nSPS) is 12.0. The fourth-order valence-corrected chi connectivity index (χ4v) is 1.40. The van der Waals surface area contributed by atoms with Gasteiger partial charge in [-0.3, -0.25) is 0 Å². The number of rotatable bonds is 4. The fraction of sp³-hybridized carbons (Fsp3) is 0.364. The number of benzene rings is 1. The van der Waals surface area contributed by atoms with E-state index in [-0.39, 0.29) is 17.3 Å². The molecule has 0 fully saturated rings. The largest absolute Gasteiger partial charge is 0.464 e. The SMILES string of the molecule is CCOC(=O)C(C)Nc1c(F)cccc1Cl. The highest BCUT2D eigenvalue weighted by Gasteiger charge is 2.16. The number of hydrogen-bond acceptors (Lipinski definition) is 3. The Bertz CT molecular complexity index is 364. The standard InChI is InChI=1S/C11H13ClFNO2/c1-3-16-11(15)7(2)14-10-8(12)5-4-6-9(10)13/h4-7,14H,3H2,1-2H3. The summed E-state index contributed by atoms with van der Waals surface area (Å²) in [4.78, 5) is 11.3. The topological polar surface area (TPSA) is 38.3 Å². The zero-order valence-electron chi connectivity index (χ0n) is 9.09. The highest BCUT2D eigenvalue weighted by Crippen LogP contribution is 2.25. The van der Waals surface area contributed by atoms with Crippen LogP contribution in [0.15, 0.2) is 18.2 Å². The second-order valence-electron chi connectivity index (χ2n) is 3.21. The van der Waals surface area contributed by atoms with Gasteiger partial charge in [-0.15, -0.1) is 0 Å². The summed E-state index contributed by atoms with van der Waals surface area (Å²) in [6, 6.07) is 3.67. The maximum Gasteiger partial charge on any atom is 0.328 e. The number of carbonyl (C=O) groups excluding carboxylic acids is 1. The van der Waals surface area contributed by atoms with E-state index >= 15 is 0 Å². The molecule has 1 unspecified atom stereocenters. The van der Waals surface area contributed by atoms with Crippen molar-refractivity contribution in [2.24, 2.45) is 0 Å². The van der Waals surface area contributed by atoms with E-state index < -0.39 is 17.8 Å². The minimum Gasteiger partial charge on any atom is -0.464 e. The summed E-state index contributed by atoms with van der Waals surface area (Å²) in [5, 5.41) is 2.91. The first kappa shape index (κ1) is 12.8. The summed E-state index contributed by atoms with van der Waals surface area (Å²) in [5.41, 5.74) is 0.115. The second-order valence-corrected chi connectivity index (χ2v) is 3.62. The molecule has 1 aromatic rings. The van der Waals surface area contributed by atoms with Crippen LogP contribution in [0.2, 0.25) is 5.02 Å². The Morgan fingerprint density at radius 1 is 1.62 bits per heavy atom. The fourth-order valence-electron chi connectivity index (χ4n) is 1.18. The van der Waals surface area contributed by atoms with E-state index in [1.54, 1.807) is 19.9 Å². The van der Waals surface area contributed by atoms with Crippen LogP contribution in [0.3, 0.4) is 0 Å². The van der Waals surface area contributed by atoms with Crippen molar-refractivity contribution < 1.29 is 13.9 Å². The summed E-state index contributed by atoms with van der Waals surface area (Å²) in [7, 11) is 0. The van der Waals surface area contributed by atoms with Gasteiger partial charge in [0.05, 0.1) is 17.3 Å². The monoisotopic (exact) mass is 245 g/mol. The predicted molar refractivity (Wildman–Crippen MR) is 61.1 cm³/mol. The molecule has 0 heterocycles. The molecule has 1 aromatic carbocycles. The van der Waals surface area contributed by atoms with Crippen molar-refractivity contribution in [2.45, 2.75) is 19.9 Å². The quantitative estimate of drug-likeness (QED) is 0.829. The minimum atomic E-state index is -0.644. The maximum absolute atomic E-state index is 13.4. The summed E-state index contributed by atoms with van der Waals surface area (Å²) < 4.78 is 18.1. The molecule has 0 aliphatic rings. The Balaban J connectivity index is 2.76. The number of nitrogens with one attached hydrogen (secondary N) is 1. The van der Waals surface area contributed by atoms with Crippen LogP contribution in [0.4, 0.5) is 10.1 Å². The Labute approximate surface area is 98.5 Å². The predicted octanol–water partition coefficient (Wildman–Crippen LogP) is 2.84. The number of ether oxygens (including phenoxy) is 1. The summed E-state index contributed by atoms with van der Waals surface area (Å²) in [5.74, 6) is -0.939. The van der Waals surface area contributed by atoms with E-state index in [4.69, 9.17) is 16.3 Å². The third-order valence-electron chi connectivity index (χ3n) is 1.96. The van der Waals surface area contributed by atoms with E-state index in [1.165, 1.54) is 12.1 Å². The number of anilines is 1. The van der Waals surface area contributed by atoms with Crippen LogP contribution in [-0.4, -0.2) is 18.6 Å². The van der Waals surface area contributed by atoms with Crippen LogP contribution in [0.1, 0.15) is 13.8 Å². The maximum atomic E-state index is 13.4. The number of hydrogen-bond donors (Lipinski definition) is 1. The average Bonchev–Trinajstić information content (AvgIpc) is 2.23. The molecule has 3 nitrogen and oxygen atoms in total. The highest BCUT2D eigenvalue weighted by molar-refractivity contribution is 6.33. The Morgan fingerprint density at radius 2 is 2.31 bits per heavy atom. The first-order chi connectivity index (χ1) is 7.56. The van der Waals surface area contributed by atoms with E-state index in [1.807, 2.05) is 0 Å². The molecule has 88 valence electrons. The van der Waals surface area contributed by atoms with Crippen molar-refractivity contribution in [3.8, 4) is 0 Å². The van der Waals surface area contributed by atoms with Crippen LogP contribution in [0, 0.1) is 5.82 Å². The molecule has 16 heavy (non-hydrogen) atoms. The minimum absolute atomic E-state index is 0.115. The molecule has 0 aliphatic heterocycles. The molecule has 1 atom stereocenters. The van der Waals surface area contributed by atoms with Crippen molar-refractivity contribution in [2.75, 3.05) is 11.9 Å². The number of para-hydroxylation sites is 1. The van der Waals surface area contributed by atoms with Crippen LogP contribution in [-0.2, 0) is 9.53 Å². The lowest BCUT2D eigenvalue weighted by Gasteiger charge is -2.15. The van der Waals surface area contributed by atoms with E-state index in [9.17, 15) is 9.18 Å². The molecule has 0 saturated heterocycles. The Morgan fingerprint density at radius 3 is 2.88 bits per heavy atom. The molecule has 0 radical (unpaired) electrons. The Kier molecular flexibility index (Phi) is 4.55. The lowest BCUT2D eigenvalue weighted by atomic mass is 10.2. The smallest absolute Gasteiger partial charge is 0.328 e. The van der Waals surface area contributed by atoms with E-state index in [2.05, 4.69) is 5.32 Å². The van der Waals surface area contributed by atoms with Crippen molar-refractivity contribution in [1.82, 2.24) is 0 Å². The molecule has 0 aromatic heterocycles. The third-order valence-corrected chi connectivity index (χ3v) is 2.28. The van der Waals surface area contributed by atoms with Gasteiger partial charge < -0.3 is 10.1 Å². The lowest BCUT2D eigenvalue weighted by Crippen LogP contribution is -2.28. The van der Waals surface area contributed by atoms with Crippen molar-refractivity contribution in [1.29, 1.82) is 0 Å². The number of halogens is 2. The molecule has 1 rings (SSSR count). The lowest BCUT2D eigenvalue weighted by molar-refractivity contribution is -0.143. The van der Waals surface area contributed by atoms with E-state index in [0.29, 0.717) is 0 Å². The van der Waals surface area contributed by atoms with Gasteiger partial charge in [-0.25, -0.2) is 9.18 Å². The average molecular weight is 246 g/mol. The Hall–Kier alpha value is -1.29. The van der Waals surface area contributed by atoms with Crippen LogP contribution in [0.25, 0.3) is 0 Å². The van der Waals surface area contributed by atoms with Crippen LogP contribution < -0.4 is 5.32 Å². The zero-order chi connectivity index (χ0) is 12.1. The van der Waals surface area contributed by atoms with Gasteiger partial charge in [-0.05, 0) is 26.0 Å². The van der Waals surface area contributed by atoms with Gasteiger partial charge in [0.1, 0.15) is 11.9 Å². The summed E-state index contributed by atoms with van der Waals surface area (Å²) in [6.07, 6.45) is 0. The molecule has 0 spiro atoms. The molecule has 0 amide bonds. The molecule has 0 aliphatic carbocycles. The van der Waals surface area contributed by atoms with Gasteiger partial charge >= 0.3 is 5.97 Å². The first-order valence-corrected chi connectivity index (χ1v) is 5.31. The summed E-state index contributed by atoms with van der Waals surface area (Å²) in [6.45, 7) is 3.58. The second kappa shape index (κ2) is 5.70. The third kappa shape index (κ3) is 3.10. The molecule has 1 N–H and O–H groups in total. The van der Waals surface area contributed by atoms with Crippen molar-refractivity contribution >= 4 is 23.3 Å². The zero-order valence-corrected chi connectivity index (χ0v) is 9.84. The highest BCUT2D eigenvalue weighted by atomic mass is 35.5. The van der Waals surface area contributed by atoms with Crippen molar-refractivity contribution in [3.05, 3.63) is 29.0 Å². The van der Waals surface area contributed by atoms with Gasteiger partial charge in [0.2, 0.25) is 0 Å². The van der Waals surface area contributed by atoms with Gasteiger partial charge in [0, 0.05) is 0 Å². The van der Waals surface area contributed by atoms with Gasteiger partial charge in [0.15, 0.2) is 0 Å². The number of esters is 1. The molecule has 0 bridgehead atoms. The first-order valence-electron chi connectivity index (χ1n) is 4.93. The molecular formula is C11H13ClFNO2. The summed E-state index contributed by atoms with van der Waals surface area (Å²) >= 11 is 5.80. The van der Waals surface area contributed by atoms with Crippen LogP contribution >= 0.6 is 11.6 Å². The van der Waals surface area contributed by atoms with Crippen molar-refractivity contribution in [3.63, 3.8) is 0 Å². The van der Waals surface area contributed by atoms with Gasteiger partial charge in [-0.1, -0.05) is 17.7 Å². The number of carbonyl (C=O) groups is 1.